The van der Waals surface area contributed by atoms with E-state index in [1.807, 2.05) is 13.0 Å². The molecule has 1 heterocycles. The van der Waals surface area contributed by atoms with Gasteiger partial charge in [-0.05, 0) is 44.0 Å². The Morgan fingerprint density at radius 2 is 2.41 bits per heavy atom. The van der Waals surface area contributed by atoms with Gasteiger partial charge in [-0.15, -0.1) is 0 Å². The number of benzene rings is 1. The maximum absolute atomic E-state index is 11.9. The first-order chi connectivity index (χ1) is 8.20. The van der Waals surface area contributed by atoms with Crippen LogP contribution in [0.1, 0.15) is 24.0 Å². The summed E-state index contributed by atoms with van der Waals surface area (Å²) in [4.78, 5) is 11.9. The summed E-state index contributed by atoms with van der Waals surface area (Å²) in [6.07, 6.45) is 1.91. The van der Waals surface area contributed by atoms with Crippen molar-refractivity contribution in [2.24, 2.45) is 0 Å². The summed E-state index contributed by atoms with van der Waals surface area (Å²) in [5.74, 6) is -0.0133. The molecule has 1 amide bonds. The summed E-state index contributed by atoms with van der Waals surface area (Å²) in [6.45, 7) is 2.81. The molecule has 0 bridgehead atoms. The van der Waals surface area contributed by atoms with E-state index in [9.17, 15) is 4.79 Å². The number of aryl methyl sites for hydroxylation is 1. The summed E-state index contributed by atoms with van der Waals surface area (Å²) in [6, 6.07) is 7.28. The lowest BCUT2D eigenvalue weighted by Gasteiger charge is -2.13. The van der Waals surface area contributed by atoms with E-state index < -0.39 is 0 Å². The second kappa shape index (κ2) is 4.98. The molecule has 1 aromatic rings. The molecule has 1 atom stereocenters. The number of nitriles is 1. The zero-order chi connectivity index (χ0) is 12.3. The Bertz CT molecular complexity index is 470. The standard InChI is InChI=1S/C13H15N3O/c1-9-4-5-10(8-14)7-12(9)16-13(17)11-3-2-6-15-11/h4-5,7,11,15H,2-3,6H2,1H3,(H,16,17)/t11-/m1/s1. The molecule has 17 heavy (non-hydrogen) atoms. The molecule has 88 valence electrons. The summed E-state index contributed by atoms with van der Waals surface area (Å²) < 4.78 is 0. The van der Waals surface area contributed by atoms with E-state index >= 15 is 0 Å². The summed E-state index contributed by atoms with van der Waals surface area (Å²) in [7, 11) is 0. The average Bonchev–Trinajstić information content (AvgIpc) is 2.85. The van der Waals surface area contributed by atoms with E-state index in [1.165, 1.54) is 0 Å². The number of anilines is 1. The Kier molecular flexibility index (Phi) is 3.40. The molecule has 0 aromatic heterocycles. The minimum Gasteiger partial charge on any atom is -0.324 e. The average molecular weight is 229 g/mol. The van der Waals surface area contributed by atoms with Gasteiger partial charge in [0.1, 0.15) is 0 Å². The fourth-order valence-electron chi connectivity index (χ4n) is 1.95. The van der Waals surface area contributed by atoms with Crippen molar-refractivity contribution < 1.29 is 4.79 Å². The van der Waals surface area contributed by atoms with Crippen molar-refractivity contribution in [1.29, 1.82) is 5.26 Å². The minimum absolute atomic E-state index is 0.0133. The van der Waals surface area contributed by atoms with Gasteiger partial charge >= 0.3 is 0 Å². The van der Waals surface area contributed by atoms with Crippen LogP contribution in [0.4, 0.5) is 5.69 Å². The van der Waals surface area contributed by atoms with Crippen molar-refractivity contribution in [2.75, 3.05) is 11.9 Å². The molecule has 1 fully saturated rings. The van der Waals surface area contributed by atoms with Gasteiger partial charge in [0.25, 0.3) is 0 Å². The van der Waals surface area contributed by atoms with Crippen LogP contribution in [-0.2, 0) is 4.79 Å². The smallest absolute Gasteiger partial charge is 0.241 e. The van der Waals surface area contributed by atoms with Crippen molar-refractivity contribution in [2.45, 2.75) is 25.8 Å². The van der Waals surface area contributed by atoms with Crippen molar-refractivity contribution in [3.63, 3.8) is 0 Å². The zero-order valence-corrected chi connectivity index (χ0v) is 9.79. The first kappa shape index (κ1) is 11.6. The van der Waals surface area contributed by atoms with Crippen LogP contribution in [0.5, 0.6) is 0 Å². The van der Waals surface area contributed by atoms with Gasteiger partial charge in [-0.2, -0.15) is 5.26 Å². The van der Waals surface area contributed by atoms with Crippen LogP contribution in [-0.4, -0.2) is 18.5 Å². The predicted octanol–water partition coefficient (Wildman–Crippen LogP) is 1.56. The summed E-state index contributed by atoms with van der Waals surface area (Å²) >= 11 is 0. The van der Waals surface area contributed by atoms with Crippen LogP contribution in [0.2, 0.25) is 0 Å². The molecule has 4 nitrogen and oxygen atoms in total. The lowest BCUT2D eigenvalue weighted by Crippen LogP contribution is -2.35. The minimum atomic E-state index is -0.0971. The SMILES string of the molecule is Cc1ccc(C#N)cc1NC(=O)[C@H]1CCCN1. The third-order valence-corrected chi connectivity index (χ3v) is 3.00. The highest BCUT2D eigenvalue weighted by atomic mass is 16.2. The highest BCUT2D eigenvalue weighted by Crippen LogP contribution is 2.17. The van der Waals surface area contributed by atoms with E-state index in [1.54, 1.807) is 12.1 Å². The Morgan fingerprint density at radius 1 is 1.59 bits per heavy atom. The molecule has 1 aromatic carbocycles. The molecule has 0 aliphatic carbocycles. The quantitative estimate of drug-likeness (QED) is 0.808. The van der Waals surface area contributed by atoms with Crippen LogP contribution < -0.4 is 10.6 Å². The predicted molar refractivity (Wildman–Crippen MR) is 65.5 cm³/mol. The molecular formula is C13H15N3O. The lowest BCUT2D eigenvalue weighted by atomic mass is 10.1. The van der Waals surface area contributed by atoms with Gasteiger partial charge in [-0.25, -0.2) is 0 Å². The first-order valence-corrected chi connectivity index (χ1v) is 5.75. The Labute approximate surface area is 101 Å². The third kappa shape index (κ3) is 2.63. The molecule has 1 aliphatic heterocycles. The van der Waals surface area contributed by atoms with Crippen LogP contribution in [0.25, 0.3) is 0 Å². The monoisotopic (exact) mass is 229 g/mol. The van der Waals surface area contributed by atoms with Gasteiger partial charge < -0.3 is 10.6 Å². The molecule has 2 N–H and O–H groups in total. The van der Waals surface area contributed by atoms with Gasteiger partial charge in [0.05, 0.1) is 17.7 Å². The Morgan fingerprint density at radius 3 is 3.06 bits per heavy atom. The molecule has 0 unspecified atom stereocenters. The molecule has 1 saturated heterocycles. The van der Waals surface area contributed by atoms with E-state index in [-0.39, 0.29) is 11.9 Å². The zero-order valence-electron chi connectivity index (χ0n) is 9.79. The highest BCUT2D eigenvalue weighted by molar-refractivity contribution is 5.95. The molecule has 2 rings (SSSR count). The van der Waals surface area contributed by atoms with Crippen molar-refractivity contribution in [1.82, 2.24) is 5.32 Å². The van der Waals surface area contributed by atoms with Gasteiger partial charge in [-0.1, -0.05) is 6.07 Å². The van der Waals surface area contributed by atoms with Crippen molar-refractivity contribution in [3.05, 3.63) is 29.3 Å². The number of hydrogen-bond acceptors (Lipinski definition) is 3. The molecule has 0 spiro atoms. The van der Waals surface area contributed by atoms with Crippen LogP contribution in [0.3, 0.4) is 0 Å². The van der Waals surface area contributed by atoms with Crippen LogP contribution in [0.15, 0.2) is 18.2 Å². The maximum Gasteiger partial charge on any atom is 0.241 e. The normalized spacial score (nSPS) is 18.7. The van der Waals surface area contributed by atoms with Gasteiger partial charge in [-0.3, -0.25) is 4.79 Å². The lowest BCUT2D eigenvalue weighted by molar-refractivity contribution is -0.117. The molecule has 4 heteroatoms. The van der Waals surface area contributed by atoms with Crippen LogP contribution in [0, 0.1) is 18.3 Å². The summed E-state index contributed by atoms with van der Waals surface area (Å²) in [5.41, 5.74) is 2.25. The van der Waals surface area contributed by atoms with Crippen molar-refractivity contribution >= 4 is 11.6 Å². The largest absolute Gasteiger partial charge is 0.324 e. The van der Waals surface area contributed by atoms with Gasteiger partial charge in [0.2, 0.25) is 5.91 Å². The van der Waals surface area contributed by atoms with E-state index in [2.05, 4.69) is 16.7 Å². The number of carbonyl (C=O) groups is 1. The Hall–Kier alpha value is -1.86. The molecule has 0 saturated carbocycles. The maximum atomic E-state index is 11.9. The highest BCUT2D eigenvalue weighted by Gasteiger charge is 2.22. The number of amides is 1. The second-order valence-corrected chi connectivity index (χ2v) is 4.28. The fraction of sp³-hybridized carbons (Fsp3) is 0.385. The number of hydrogen-bond donors (Lipinski definition) is 2. The number of nitrogens with zero attached hydrogens (tertiary/aromatic N) is 1. The van der Waals surface area contributed by atoms with Crippen LogP contribution >= 0.6 is 0 Å². The first-order valence-electron chi connectivity index (χ1n) is 5.75. The van der Waals surface area contributed by atoms with E-state index in [4.69, 9.17) is 5.26 Å². The number of rotatable bonds is 2. The Balaban J connectivity index is 2.12. The fourth-order valence-corrected chi connectivity index (χ4v) is 1.95. The topological polar surface area (TPSA) is 64.9 Å². The molecular weight excluding hydrogens is 214 g/mol. The third-order valence-electron chi connectivity index (χ3n) is 3.00. The van der Waals surface area contributed by atoms with Crippen molar-refractivity contribution in [3.8, 4) is 6.07 Å². The molecule has 0 radical (unpaired) electrons. The second-order valence-electron chi connectivity index (χ2n) is 4.28. The summed E-state index contributed by atoms with van der Waals surface area (Å²) in [5, 5.41) is 14.8. The number of carbonyl (C=O) groups excluding carboxylic acids is 1. The van der Waals surface area contributed by atoms with Gasteiger partial charge in [0.15, 0.2) is 0 Å². The van der Waals surface area contributed by atoms with Gasteiger partial charge in [0, 0.05) is 5.69 Å². The molecule has 1 aliphatic rings. The van der Waals surface area contributed by atoms with E-state index in [0.717, 1.165) is 30.6 Å². The number of nitrogens with one attached hydrogen (secondary N) is 2. The van der Waals surface area contributed by atoms with E-state index in [0.29, 0.717) is 5.56 Å².